The van der Waals surface area contributed by atoms with Crippen molar-refractivity contribution in [2.24, 2.45) is 7.05 Å². The van der Waals surface area contributed by atoms with Gasteiger partial charge >= 0.3 is 6.09 Å². The summed E-state index contributed by atoms with van der Waals surface area (Å²) in [6.07, 6.45) is 2.62. The Bertz CT molecular complexity index is 1550. The van der Waals surface area contributed by atoms with Crippen LogP contribution in [0.1, 0.15) is 43.6 Å². The SMILES string of the molecule is Cc1ncc(-c2cc3c(n4cnnc24)N(C(=O)OC(C)(C)C)Cc2c(F)ccc4c2[C@H](CO4)CO3)n1C. The lowest BCUT2D eigenvalue weighted by molar-refractivity contribution is 0.0574. The Hall–Kier alpha value is -4.15. The van der Waals surface area contributed by atoms with Crippen LogP contribution in [-0.4, -0.2) is 49.1 Å². The average molecular weight is 507 g/mol. The van der Waals surface area contributed by atoms with E-state index < -0.39 is 17.5 Å². The number of hydrogen-bond acceptors (Lipinski definition) is 7. The second-order valence-electron chi connectivity index (χ2n) is 10.3. The van der Waals surface area contributed by atoms with Crippen LogP contribution in [0.25, 0.3) is 16.9 Å². The van der Waals surface area contributed by atoms with Crippen LogP contribution in [0.3, 0.4) is 0 Å². The predicted octanol–water partition coefficient (Wildman–Crippen LogP) is 4.39. The highest BCUT2D eigenvalue weighted by atomic mass is 19.1. The molecule has 0 saturated carbocycles. The molecule has 0 unspecified atom stereocenters. The maximum Gasteiger partial charge on any atom is 0.416 e. The second kappa shape index (κ2) is 8.19. The Morgan fingerprint density at radius 3 is 2.65 bits per heavy atom. The van der Waals surface area contributed by atoms with Gasteiger partial charge in [0, 0.05) is 23.7 Å². The summed E-state index contributed by atoms with van der Waals surface area (Å²) >= 11 is 0. The molecular formula is C26H27FN6O4. The van der Waals surface area contributed by atoms with Crippen LogP contribution in [0.4, 0.5) is 15.0 Å². The molecule has 0 spiro atoms. The van der Waals surface area contributed by atoms with Gasteiger partial charge in [0.2, 0.25) is 0 Å². The molecule has 4 aromatic rings. The molecule has 0 saturated heterocycles. The number of ether oxygens (including phenoxy) is 3. The Labute approximate surface area is 212 Å². The smallest absolute Gasteiger partial charge is 0.416 e. The van der Waals surface area contributed by atoms with Crippen LogP contribution >= 0.6 is 0 Å². The van der Waals surface area contributed by atoms with E-state index in [1.165, 1.54) is 17.3 Å². The molecule has 0 radical (unpaired) electrons. The number of carbonyl (C=O) groups excluding carboxylic acids is 1. The number of nitrogens with zero attached hydrogens (tertiary/aromatic N) is 6. The van der Waals surface area contributed by atoms with Gasteiger partial charge in [-0.3, -0.25) is 9.30 Å². The van der Waals surface area contributed by atoms with E-state index in [1.54, 1.807) is 37.4 Å². The van der Waals surface area contributed by atoms with E-state index in [0.29, 0.717) is 40.7 Å². The summed E-state index contributed by atoms with van der Waals surface area (Å²) in [7, 11) is 1.91. The molecule has 10 nitrogen and oxygen atoms in total. The summed E-state index contributed by atoms with van der Waals surface area (Å²) in [5.74, 6) is 1.57. The van der Waals surface area contributed by atoms with Crippen molar-refractivity contribution in [1.29, 1.82) is 0 Å². The van der Waals surface area contributed by atoms with Crippen LogP contribution in [0.5, 0.6) is 11.5 Å². The van der Waals surface area contributed by atoms with Crippen LogP contribution in [0, 0.1) is 12.7 Å². The largest absolute Gasteiger partial charge is 0.493 e. The Balaban J connectivity index is 1.61. The molecule has 3 aromatic heterocycles. The molecule has 0 aliphatic carbocycles. The van der Waals surface area contributed by atoms with E-state index in [1.807, 2.05) is 24.6 Å². The molecule has 1 aromatic carbocycles. The average Bonchev–Trinajstić information content (AvgIpc) is 3.55. The van der Waals surface area contributed by atoms with Gasteiger partial charge < -0.3 is 18.8 Å². The minimum Gasteiger partial charge on any atom is -0.493 e. The predicted molar refractivity (Wildman–Crippen MR) is 132 cm³/mol. The number of halogens is 1. The Morgan fingerprint density at radius 1 is 1.19 bits per heavy atom. The summed E-state index contributed by atoms with van der Waals surface area (Å²) in [4.78, 5) is 19.5. The number of carbonyl (C=O) groups is 1. The monoisotopic (exact) mass is 506 g/mol. The lowest BCUT2D eigenvalue weighted by Crippen LogP contribution is -2.38. The van der Waals surface area contributed by atoms with E-state index >= 15 is 4.39 Å². The van der Waals surface area contributed by atoms with Gasteiger partial charge in [0.15, 0.2) is 17.2 Å². The van der Waals surface area contributed by atoms with Gasteiger partial charge in [-0.15, -0.1) is 10.2 Å². The molecule has 6 rings (SSSR count). The van der Waals surface area contributed by atoms with E-state index in [4.69, 9.17) is 14.2 Å². The first-order valence-electron chi connectivity index (χ1n) is 12.0. The van der Waals surface area contributed by atoms with Gasteiger partial charge in [0.1, 0.15) is 29.3 Å². The lowest BCUT2D eigenvalue weighted by Gasteiger charge is -2.29. The molecular weight excluding hydrogens is 479 g/mol. The van der Waals surface area contributed by atoms with Crippen molar-refractivity contribution < 1.29 is 23.4 Å². The van der Waals surface area contributed by atoms with Gasteiger partial charge in [-0.25, -0.2) is 14.2 Å². The van der Waals surface area contributed by atoms with E-state index in [2.05, 4.69) is 15.2 Å². The highest BCUT2D eigenvalue weighted by Gasteiger charge is 2.37. The molecule has 1 atom stereocenters. The van der Waals surface area contributed by atoms with Crippen molar-refractivity contribution in [3.8, 4) is 22.8 Å². The van der Waals surface area contributed by atoms with Crippen molar-refractivity contribution in [1.82, 2.24) is 24.1 Å². The molecule has 0 bridgehead atoms. The topological polar surface area (TPSA) is 96.0 Å². The number of pyridine rings is 1. The van der Waals surface area contributed by atoms with E-state index in [-0.39, 0.29) is 19.1 Å². The number of aryl methyl sites for hydroxylation is 1. The first kappa shape index (κ1) is 23.3. The van der Waals surface area contributed by atoms with Crippen molar-refractivity contribution in [3.63, 3.8) is 0 Å². The Kier molecular flexibility index (Phi) is 5.15. The standard InChI is InChI=1S/C26H27FN6O4/c1-14-28-9-19(31(14)5)16-8-21-24(33-13-29-30-23(16)33)32(25(34)37-26(2,3)4)10-17-18(27)6-7-20-22(17)15(11-35-20)12-36-21/h6-9,13,15H,10-12H2,1-5H3/t15-/m1/s1. The van der Waals surface area contributed by atoms with E-state index in [9.17, 15) is 4.79 Å². The minimum atomic E-state index is -0.780. The maximum atomic E-state index is 15.3. The number of anilines is 1. The third-order valence-corrected chi connectivity index (χ3v) is 6.74. The summed E-state index contributed by atoms with van der Waals surface area (Å²) in [5, 5.41) is 8.48. The fraction of sp³-hybridized carbons (Fsp3) is 0.385. The first-order chi connectivity index (χ1) is 17.6. The third-order valence-electron chi connectivity index (χ3n) is 6.74. The quantitative estimate of drug-likeness (QED) is 0.378. The van der Waals surface area contributed by atoms with Crippen LogP contribution in [0.2, 0.25) is 0 Å². The number of fused-ring (bicyclic) bond motifs is 3. The highest BCUT2D eigenvalue weighted by molar-refractivity contribution is 5.91. The van der Waals surface area contributed by atoms with Crippen LogP contribution in [0.15, 0.2) is 30.7 Å². The van der Waals surface area contributed by atoms with Crippen molar-refractivity contribution in [2.75, 3.05) is 18.1 Å². The zero-order chi connectivity index (χ0) is 26.1. The molecule has 192 valence electrons. The number of amides is 1. The molecule has 2 aliphatic rings. The second-order valence-corrected chi connectivity index (χ2v) is 10.3. The fourth-order valence-electron chi connectivity index (χ4n) is 4.91. The van der Waals surface area contributed by atoms with Crippen molar-refractivity contribution in [3.05, 3.63) is 53.5 Å². The summed E-state index contributed by atoms with van der Waals surface area (Å²) in [6.45, 7) is 7.76. The first-order valence-corrected chi connectivity index (χ1v) is 12.0. The molecule has 1 amide bonds. The van der Waals surface area contributed by atoms with E-state index in [0.717, 1.165) is 17.1 Å². The van der Waals surface area contributed by atoms with Gasteiger partial charge in [0.25, 0.3) is 0 Å². The van der Waals surface area contributed by atoms with Crippen molar-refractivity contribution >= 4 is 17.6 Å². The fourth-order valence-corrected chi connectivity index (χ4v) is 4.91. The number of rotatable bonds is 1. The molecule has 5 heterocycles. The summed E-state index contributed by atoms with van der Waals surface area (Å²) in [5.41, 5.74) is 2.34. The van der Waals surface area contributed by atoms with Gasteiger partial charge in [-0.2, -0.15) is 0 Å². The number of hydrogen-bond donors (Lipinski definition) is 0. The molecule has 2 aliphatic heterocycles. The van der Waals surface area contributed by atoms with Crippen LogP contribution < -0.4 is 14.4 Å². The number of aromatic nitrogens is 5. The maximum absolute atomic E-state index is 15.3. The van der Waals surface area contributed by atoms with Gasteiger partial charge in [-0.05, 0) is 45.9 Å². The van der Waals surface area contributed by atoms with Crippen LogP contribution in [-0.2, 0) is 18.3 Å². The number of benzene rings is 1. The minimum absolute atomic E-state index is 0.0857. The zero-order valence-electron chi connectivity index (χ0n) is 21.3. The third kappa shape index (κ3) is 3.76. The molecule has 0 N–H and O–H groups in total. The van der Waals surface area contributed by atoms with Crippen molar-refractivity contribution in [2.45, 2.75) is 45.8 Å². The molecule has 0 fully saturated rings. The number of imidazole rings is 1. The summed E-state index contributed by atoms with van der Waals surface area (Å²) in [6, 6.07) is 4.82. The van der Waals surface area contributed by atoms with Gasteiger partial charge in [-0.1, -0.05) is 0 Å². The Morgan fingerprint density at radius 2 is 1.95 bits per heavy atom. The molecule has 11 heteroatoms. The zero-order valence-corrected chi connectivity index (χ0v) is 21.3. The lowest BCUT2D eigenvalue weighted by atomic mass is 9.95. The molecule has 37 heavy (non-hydrogen) atoms. The highest BCUT2D eigenvalue weighted by Crippen LogP contribution is 2.44. The normalized spacial score (nSPS) is 16.8. The summed E-state index contributed by atoms with van der Waals surface area (Å²) < 4.78 is 36.9. The van der Waals surface area contributed by atoms with Gasteiger partial charge in [0.05, 0.1) is 37.6 Å².